The lowest BCUT2D eigenvalue weighted by Gasteiger charge is -2.18. The molecule has 6 heteroatoms. The first-order chi connectivity index (χ1) is 33.0. The number of ether oxygens (including phenoxy) is 3. The Bertz CT molecular complexity index is 1210. The number of unbranched alkanes of at least 4 members (excludes halogenated alkanes) is 35. The summed E-state index contributed by atoms with van der Waals surface area (Å²) in [4.78, 5) is 38.1. The lowest BCUT2D eigenvalue weighted by Crippen LogP contribution is -2.30. The van der Waals surface area contributed by atoms with Gasteiger partial charge in [-0.3, -0.25) is 14.4 Å². The second-order valence-electron chi connectivity index (χ2n) is 19.3. The molecule has 0 aromatic carbocycles. The predicted molar refractivity (Wildman–Crippen MR) is 288 cm³/mol. The number of carbonyl (C=O) groups excluding carboxylic acids is 3. The van der Waals surface area contributed by atoms with E-state index in [1.807, 2.05) is 54.7 Å². The fraction of sp³-hybridized carbons (Fsp3) is 0.787. The first-order valence-corrected chi connectivity index (χ1v) is 28.9. The van der Waals surface area contributed by atoms with Crippen LogP contribution in [-0.4, -0.2) is 37.2 Å². The molecule has 0 heterocycles. The molecule has 0 rings (SSSR count). The Morgan fingerprint density at radius 1 is 0.313 bits per heavy atom. The van der Waals surface area contributed by atoms with Crippen LogP contribution in [0.4, 0.5) is 0 Å². The van der Waals surface area contributed by atoms with E-state index < -0.39 is 6.10 Å². The maximum absolute atomic E-state index is 12.8. The Morgan fingerprint density at radius 3 is 0.910 bits per heavy atom. The summed E-state index contributed by atoms with van der Waals surface area (Å²) in [7, 11) is 0. The molecule has 0 aliphatic rings. The predicted octanol–water partition coefficient (Wildman–Crippen LogP) is 19.2. The van der Waals surface area contributed by atoms with Crippen LogP contribution in [0.1, 0.15) is 290 Å². The zero-order chi connectivity index (χ0) is 48.6. The Kier molecular flexibility index (Phi) is 53.3. The number of hydrogen-bond donors (Lipinski definition) is 0. The Balaban J connectivity index is 4.37. The summed E-state index contributed by atoms with van der Waals surface area (Å²) in [6.45, 7) is 6.47. The summed E-state index contributed by atoms with van der Waals surface area (Å²) in [6.07, 6.45) is 69.4. The zero-order valence-electron chi connectivity index (χ0n) is 44.4. The van der Waals surface area contributed by atoms with Crippen molar-refractivity contribution in [3.63, 3.8) is 0 Å². The molecule has 0 aromatic heterocycles. The second-order valence-corrected chi connectivity index (χ2v) is 19.3. The van der Waals surface area contributed by atoms with Crippen molar-refractivity contribution in [1.29, 1.82) is 0 Å². The zero-order valence-corrected chi connectivity index (χ0v) is 44.4. The summed E-state index contributed by atoms with van der Waals surface area (Å²) in [5.41, 5.74) is 0. The van der Waals surface area contributed by atoms with Crippen molar-refractivity contribution >= 4 is 17.9 Å². The van der Waals surface area contributed by atoms with E-state index in [-0.39, 0.29) is 37.5 Å². The molecule has 1 atom stereocenters. The number of esters is 3. The first kappa shape index (κ1) is 64.1. The van der Waals surface area contributed by atoms with Crippen LogP contribution in [0.5, 0.6) is 0 Å². The quantitative estimate of drug-likeness (QED) is 0.0262. The SMILES string of the molecule is CC\C=C/C=C\C=C/C=C\C=C/CCCC(=O)OCC(COC(=O)CCCCCCCCCCCCCCCCCCCCC)OC(=O)CCCCCCCCCCCCCCCCCCC. The van der Waals surface area contributed by atoms with Gasteiger partial charge in [-0.1, -0.05) is 300 Å². The van der Waals surface area contributed by atoms with Gasteiger partial charge >= 0.3 is 17.9 Å². The highest BCUT2D eigenvalue weighted by molar-refractivity contribution is 5.71. The molecule has 0 saturated carbocycles. The van der Waals surface area contributed by atoms with Gasteiger partial charge in [-0.15, -0.1) is 0 Å². The Hall–Kier alpha value is -2.89. The van der Waals surface area contributed by atoms with Crippen LogP contribution in [0.3, 0.4) is 0 Å². The second kappa shape index (κ2) is 55.7. The van der Waals surface area contributed by atoms with E-state index in [9.17, 15) is 14.4 Å². The summed E-state index contributed by atoms with van der Waals surface area (Å²) in [5.74, 6) is -0.955. The van der Waals surface area contributed by atoms with Crippen molar-refractivity contribution in [2.45, 2.75) is 297 Å². The molecule has 0 aromatic rings. The number of rotatable bonds is 52. The third kappa shape index (κ3) is 53.9. The van der Waals surface area contributed by atoms with Crippen molar-refractivity contribution < 1.29 is 28.6 Å². The van der Waals surface area contributed by atoms with Gasteiger partial charge in [0.2, 0.25) is 0 Å². The molecule has 0 radical (unpaired) electrons. The summed E-state index contributed by atoms with van der Waals surface area (Å²) >= 11 is 0. The van der Waals surface area contributed by atoms with Gasteiger partial charge in [0.05, 0.1) is 0 Å². The monoisotopic (exact) mass is 937 g/mol. The minimum Gasteiger partial charge on any atom is -0.462 e. The standard InChI is InChI=1S/C61H108O6/c1-4-7-10-13-16-19-22-25-27-29-30-32-33-36-39-42-45-48-51-54-60(63)66-57-58(56-65-59(62)53-50-47-44-41-38-35-24-21-18-15-12-9-6-3)67-61(64)55-52-49-46-43-40-37-34-31-28-26-23-20-17-14-11-8-5-2/h9,12,15,18,21,24,35,38,41,44,58H,4-8,10-11,13-14,16-17,19-20,22-23,25-34,36-37,39-40,42-43,45-57H2,1-3H3/b12-9-,18-15-,24-21-,38-35-,44-41-. The van der Waals surface area contributed by atoms with Crippen molar-refractivity contribution in [3.8, 4) is 0 Å². The highest BCUT2D eigenvalue weighted by atomic mass is 16.6. The molecule has 1 unspecified atom stereocenters. The molecule has 0 bridgehead atoms. The van der Waals surface area contributed by atoms with Crippen molar-refractivity contribution in [1.82, 2.24) is 0 Å². The van der Waals surface area contributed by atoms with E-state index in [4.69, 9.17) is 14.2 Å². The van der Waals surface area contributed by atoms with Crippen LogP contribution in [0.15, 0.2) is 60.8 Å². The molecular weight excluding hydrogens is 829 g/mol. The molecule has 0 N–H and O–H groups in total. The molecule has 67 heavy (non-hydrogen) atoms. The molecule has 0 aliphatic heterocycles. The number of hydrogen-bond acceptors (Lipinski definition) is 6. The van der Waals surface area contributed by atoms with Gasteiger partial charge in [-0.2, -0.15) is 0 Å². The lowest BCUT2D eigenvalue weighted by atomic mass is 10.0. The molecule has 0 spiro atoms. The van der Waals surface area contributed by atoms with Crippen molar-refractivity contribution in [2.24, 2.45) is 0 Å². The van der Waals surface area contributed by atoms with E-state index in [1.54, 1.807) is 0 Å². The molecule has 0 aliphatic carbocycles. The van der Waals surface area contributed by atoms with Gasteiger partial charge in [-0.25, -0.2) is 0 Å². The number of allylic oxidation sites excluding steroid dienone is 10. The number of carbonyl (C=O) groups is 3. The van der Waals surface area contributed by atoms with E-state index >= 15 is 0 Å². The molecule has 388 valence electrons. The average Bonchev–Trinajstić information content (AvgIpc) is 3.33. The third-order valence-corrected chi connectivity index (χ3v) is 12.7. The molecular formula is C61H108O6. The van der Waals surface area contributed by atoms with Gasteiger partial charge in [0, 0.05) is 19.3 Å². The minimum absolute atomic E-state index is 0.0925. The van der Waals surface area contributed by atoms with Crippen LogP contribution in [0.2, 0.25) is 0 Å². The van der Waals surface area contributed by atoms with Gasteiger partial charge in [0.1, 0.15) is 13.2 Å². The molecule has 0 saturated heterocycles. The maximum atomic E-state index is 12.8. The van der Waals surface area contributed by atoms with Gasteiger partial charge in [-0.05, 0) is 32.1 Å². The van der Waals surface area contributed by atoms with Crippen molar-refractivity contribution in [2.75, 3.05) is 13.2 Å². The topological polar surface area (TPSA) is 78.9 Å². The van der Waals surface area contributed by atoms with Gasteiger partial charge in [0.25, 0.3) is 0 Å². The molecule has 0 amide bonds. The molecule has 6 nitrogen and oxygen atoms in total. The van der Waals surface area contributed by atoms with Gasteiger partial charge < -0.3 is 14.2 Å². The maximum Gasteiger partial charge on any atom is 0.306 e. The van der Waals surface area contributed by atoms with Crippen LogP contribution in [-0.2, 0) is 28.6 Å². The van der Waals surface area contributed by atoms with Crippen LogP contribution in [0, 0.1) is 0 Å². The van der Waals surface area contributed by atoms with Crippen molar-refractivity contribution in [3.05, 3.63) is 60.8 Å². The normalized spacial score (nSPS) is 12.5. The van der Waals surface area contributed by atoms with Crippen LogP contribution in [0.25, 0.3) is 0 Å². The van der Waals surface area contributed by atoms with Gasteiger partial charge in [0.15, 0.2) is 6.10 Å². The van der Waals surface area contributed by atoms with Crippen LogP contribution >= 0.6 is 0 Å². The summed E-state index contributed by atoms with van der Waals surface area (Å²) in [6, 6.07) is 0. The Morgan fingerprint density at radius 2 is 0.582 bits per heavy atom. The Labute approximate surface area is 415 Å². The fourth-order valence-electron chi connectivity index (χ4n) is 8.36. The smallest absolute Gasteiger partial charge is 0.306 e. The summed E-state index contributed by atoms with van der Waals surface area (Å²) in [5, 5.41) is 0. The van der Waals surface area contributed by atoms with E-state index in [2.05, 4.69) is 26.8 Å². The first-order valence-electron chi connectivity index (χ1n) is 28.9. The van der Waals surface area contributed by atoms with Crippen LogP contribution < -0.4 is 0 Å². The van der Waals surface area contributed by atoms with E-state index in [0.717, 1.165) is 51.4 Å². The largest absolute Gasteiger partial charge is 0.462 e. The highest BCUT2D eigenvalue weighted by Crippen LogP contribution is 2.17. The minimum atomic E-state index is -0.799. The fourth-order valence-corrected chi connectivity index (χ4v) is 8.36. The lowest BCUT2D eigenvalue weighted by molar-refractivity contribution is -0.167. The van der Waals surface area contributed by atoms with E-state index in [0.29, 0.717) is 19.3 Å². The highest BCUT2D eigenvalue weighted by Gasteiger charge is 2.19. The third-order valence-electron chi connectivity index (χ3n) is 12.7. The van der Waals surface area contributed by atoms with E-state index in [1.165, 1.54) is 193 Å². The summed E-state index contributed by atoms with van der Waals surface area (Å²) < 4.78 is 16.8. The average molecular weight is 938 g/mol. The molecule has 0 fully saturated rings.